The molecule has 0 aliphatic carbocycles. The second-order valence-corrected chi connectivity index (χ2v) is 7.62. The van der Waals surface area contributed by atoms with Gasteiger partial charge in [0.1, 0.15) is 0 Å². The fraction of sp³-hybridized carbons (Fsp3) is 0. The lowest BCUT2D eigenvalue weighted by atomic mass is 9.98. The van der Waals surface area contributed by atoms with Crippen molar-refractivity contribution in [1.29, 1.82) is 0 Å². The Balaban J connectivity index is 1.59. The molecule has 0 amide bonds. The van der Waals surface area contributed by atoms with Gasteiger partial charge in [0.25, 0.3) is 0 Å². The van der Waals surface area contributed by atoms with Crippen LogP contribution in [-0.4, -0.2) is 15.3 Å². The van der Waals surface area contributed by atoms with Gasteiger partial charge in [-0.1, -0.05) is 54.6 Å². The van der Waals surface area contributed by atoms with Gasteiger partial charge < -0.3 is 4.57 Å². The number of rotatable bonds is 3. The summed E-state index contributed by atoms with van der Waals surface area (Å²) >= 11 is 0. The SMILES string of the molecule is O=C(c1ccc2c(c1)c1ccccc1n2-c1ccccc1)c1ccnc2ccccc12. The van der Waals surface area contributed by atoms with E-state index in [-0.39, 0.29) is 5.78 Å². The molecule has 0 spiro atoms. The van der Waals surface area contributed by atoms with Crippen LogP contribution >= 0.6 is 0 Å². The highest BCUT2D eigenvalue weighted by Crippen LogP contribution is 2.33. The van der Waals surface area contributed by atoms with Crippen LogP contribution in [0.3, 0.4) is 0 Å². The third-order valence-electron chi connectivity index (χ3n) is 5.84. The summed E-state index contributed by atoms with van der Waals surface area (Å²) in [6, 6.07) is 34.2. The zero-order chi connectivity index (χ0) is 20.8. The number of aromatic nitrogens is 2. The van der Waals surface area contributed by atoms with Crippen molar-refractivity contribution in [2.45, 2.75) is 0 Å². The van der Waals surface area contributed by atoms with Crippen LogP contribution < -0.4 is 0 Å². The van der Waals surface area contributed by atoms with Gasteiger partial charge in [-0.3, -0.25) is 9.78 Å². The lowest BCUT2D eigenvalue weighted by molar-refractivity contribution is 0.104. The minimum absolute atomic E-state index is 0.0112. The molecule has 3 heteroatoms. The normalized spacial score (nSPS) is 11.4. The Labute approximate surface area is 179 Å². The molecule has 0 aliphatic rings. The first-order valence-electron chi connectivity index (χ1n) is 10.3. The summed E-state index contributed by atoms with van der Waals surface area (Å²) in [5.74, 6) is 0.0112. The van der Waals surface area contributed by atoms with Crippen molar-refractivity contribution in [2.75, 3.05) is 0 Å². The first kappa shape index (κ1) is 17.6. The summed E-state index contributed by atoms with van der Waals surface area (Å²) in [7, 11) is 0. The molecular weight excluding hydrogens is 380 g/mol. The predicted molar refractivity (Wildman–Crippen MR) is 126 cm³/mol. The van der Waals surface area contributed by atoms with Crippen molar-refractivity contribution in [3.05, 3.63) is 120 Å². The van der Waals surface area contributed by atoms with Gasteiger partial charge in [-0.2, -0.15) is 0 Å². The highest BCUT2D eigenvalue weighted by molar-refractivity contribution is 6.18. The average Bonchev–Trinajstić information content (AvgIpc) is 3.17. The highest BCUT2D eigenvalue weighted by Gasteiger charge is 2.17. The maximum atomic E-state index is 13.5. The van der Waals surface area contributed by atoms with Crippen LogP contribution in [0, 0.1) is 0 Å². The van der Waals surface area contributed by atoms with E-state index in [1.54, 1.807) is 6.20 Å². The summed E-state index contributed by atoms with van der Waals surface area (Å²) in [6.45, 7) is 0. The quantitative estimate of drug-likeness (QED) is 0.316. The van der Waals surface area contributed by atoms with E-state index in [4.69, 9.17) is 0 Å². The molecule has 6 rings (SSSR count). The molecule has 0 atom stereocenters. The first-order chi connectivity index (χ1) is 15.3. The molecule has 0 saturated carbocycles. The van der Waals surface area contributed by atoms with E-state index in [1.807, 2.05) is 66.7 Å². The third-order valence-corrected chi connectivity index (χ3v) is 5.84. The third kappa shape index (κ3) is 2.75. The molecule has 3 nitrogen and oxygen atoms in total. The Morgan fingerprint density at radius 3 is 2.23 bits per heavy atom. The first-order valence-corrected chi connectivity index (χ1v) is 10.3. The van der Waals surface area contributed by atoms with Gasteiger partial charge in [0.2, 0.25) is 0 Å². The number of fused-ring (bicyclic) bond motifs is 4. The molecule has 2 heterocycles. The second kappa shape index (κ2) is 6.92. The van der Waals surface area contributed by atoms with E-state index in [2.05, 4.69) is 45.9 Å². The van der Waals surface area contributed by atoms with Gasteiger partial charge in [-0.05, 0) is 48.5 Å². The molecule has 146 valence electrons. The van der Waals surface area contributed by atoms with Crippen LogP contribution in [-0.2, 0) is 0 Å². The lowest BCUT2D eigenvalue weighted by Crippen LogP contribution is -2.03. The lowest BCUT2D eigenvalue weighted by Gasteiger charge is -2.08. The number of benzene rings is 4. The molecule has 2 aromatic heterocycles. The van der Waals surface area contributed by atoms with E-state index < -0.39 is 0 Å². The van der Waals surface area contributed by atoms with Gasteiger partial charge in [-0.25, -0.2) is 0 Å². The van der Waals surface area contributed by atoms with Gasteiger partial charge in [-0.15, -0.1) is 0 Å². The van der Waals surface area contributed by atoms with Gasteiger partial charge in [0.05, 0.1) is 16.6 Å². The fourth-order valence-electron chi connectivity index (χ4n) is 4.42. The zero-order valence-electron chi connectivity index (χ0n) is 16.7. The van der Waals surface area contributed by atoms with Crippen molar-refractivity contribution in [1.82, 2.24) is 9.55 Å². The van der Waals surface area contributed by atoms with Crippen molar-refractivity contribution in [2.24, 2.45) is 0 Å². The van der Waals surface area contributed by atoms with Crippen LogP contribution in [0.4, 0.5) is 0 Å². The van der Waals surface area contributed by atoms with Crippen LogP contribution in [0.1, 0.15) is 15.9 Å². The number of pyridine rings is 1. The number of hydrogen-bond acceptors (Lipinski definition) is 2. The number of ketones is 1. The van der Waals surface area contributed by atoms with Gasteiger partial charge in [0, 0.05) is 39.2 Å². The molecule has 0 fully saturated rings. The average molecular weight is 398 g/mol. The van der Waals surface area contributed by atoms with Crippen molar-refractivity contribution < 1.29 is 4.79 Å². The van der Waals surface area contributed by atoms with Gasteiger partial charge >= 0.3 is 0 Å². The Hall–Kier alpha value is -4.24. The van der Waals surface area contributed by atoms with Crippen molar-refractivity contribution in [3.63, 3.8) is 0 Å². The van der Waals surface area contributed by atoms with Crippen LogP contribution in [0.5, 0.6) is 0 Å². The Kier molecular flexibility index (Phi) is 3.93. The Morgan fingerprint density at radius 1 is 0.645 bits per heavy atom. The largest absolute Gasteiger partial charge is 0.309 e. The summed E-state index contributed by atoms with van der Waals surface area (Å²) in [5.41, 5.74) is 5.51. The molecular formula is C28H18N2O. The molecule has 0 aliphatic heterocycles. The van der Waals surface area contributed by atoms with E-state index in [0.29, 0.717) is 11.1 Å². The molecule has 6 aromatic rings. The van der Waals surface area contributed by atoms with Crippen LogP contribution in [0.25, 0.3) is 38.4 Å². The molecule has 4 aromatic carbocycles. The fourth-order valence-corrected chi connectivity index (χ4v) is 4.42. The number of para-hydroxylation sites is 3. The van der Waals surface area contributed by atoms with Crippen molar-refractivity contribution in [3.8, 4) is 5.69 Å². The number of hydrogen-bond donors (Lipinski definition) is 0. The second-order valence-electron chi connectivity index (χ2n) is 7.62. The molecule has 0 bridgehead atoms. The predicted octanol–water partition coefficient (Wildman–Crippen LogP) is 6.56. The number of nitrogens with zero attached hydrogens (tertiary/aromatic N) is 2. The number of carbonyl (C=O) groups is 1. The minimum Gasteiger partial charge on any atom is -0.309 e. The standard InChI is InChI=1S/C28H18N2O/c31-28(23-16-17-29-25-12-6-4-10-21(23)25)19-14-15-27-24(18-19)22-11-5-7-13-26(22)30(27)20-8-2-1-3-9-20/h1-18H. The maximum Gasteiger partial charge on any atom is 0.193 e. The maximum absolute atomic E-state index is 13.5. The van der Waals surface area contributed by atoms with E-state index in [1.165, 1.54) is 0 Å². The van der Waals surface area contributed by atoms with Crippen molar-refractivity contribution >= 4 is 38.5 Å². The molecule has 31 heavy (non-hydrogen) atoms. The van der Waals surface area contributed by atoms with E-state index in [0.717, 1.165) is 38.4 Å². The van der Waals surface area contributed by atoms with Crippen LogP contribution in [0.15, 0.2) is 109 Å². The summed E-state index contributed by atoms with van der Waals surface area (Å²) < 4.78 is 2.25. The molecule has 0 radical (unpaired) electrons. The van der Waals surface area contributed by atoms with E-state index >= 15 is 0 Å². The molecule has 0 unspecified atom stereocenters. The monoisotopic (exact) mass is 398 g/mol. The highest BCUT2D eigenvalue weighted by atomic mass is 16.1. The molecule has 0 saturated heterocycles. The minimum atomic E-state index is 0.0112. The zero-order valence-corrected chi connectivity index (χ0v) is 16.7. The van der Waals surface area contributed by atoms with E-state index in [9.17, 15) is 4.79 Å². The summed E-state index contributed by atoms with van der Waals surface area (Å²) in [4.78, 5) is 17.9. The smallest absolute Gasteiger partial charge is 0.193 e. The summed E-state index contributed by atoms with van der Waals surface area (Å²) in [5, 5.41) is 3.08. The molecule has 0 N–H and O–H groups in total. The Morgan fingerprint density at radius 2 is 1.35 bits per heavy atom. The summed E-state index contributed by atoms with van der Waals surface area (Å²) in [6.07, 6.45) is 1.70. The Bertz CT molecular complexity index is 1590. The van der Waals surface area contributed by atoms with Crippen LogP contribution in [0.2, 0.25) is 0 Å². The topological polar surface area (TPSA) is 34.9 Å². The van der Waals surface area contributed by atoms with Gasteiger partial charge in [0.15, 0.2) is 5.78 Å². The number of carbonyl (C=O) groups excluding carboxylic acids is 1.